The van der Waals surface area contributed by atoms with Crippen molar-refractivity contribution in [1.82, 2.24) is 4.98 Å². The van der Waals surface area contributed by atoms with Crippen LogP contribution < -0.4 is 5.73 Å². The van der Waals surface area contributed by atoms with E-state index in [-0.39, 0.29) is 0 Å². The number of benzene rings is 1. The zero-order valence-electron chi connectivity index (χ0n) is 9.14. The maximum absolute atomic E-state index is 5.57. The van der Waals surface area contributed by atoms with E-state index >= 15 is 0 Å². The number of rotatable bonds is 4. The fourth-order valence-corrected chi connectivity index (χ4v) is 2.97. The lowest BCUT2D eigenvalue weighted by Gasteiger charge is -1.99. The summed E-state index contributed by atoms with van der Waals surface area (Å²) >= 11 is 3.52. The predicted octanol–water partition coefficient (Wildman–Crippen LogP) is 3.13. The summed E-state index contributed by atoms with van der Waals surface area (Å²) < 4.78 is 0. The highest BCUT2D eigenvalue weighted by molar-refractivity contribution is 7.97. The summed E-state index contributed by atoms with van der Waals surface area (Å²) in [6.45, 7) is 0.592. The molecule has 4 heteroatoms. The molecule has 0 amide bonds. The molecule has 0 saturated heterocycles. The van der Waals surface area contributed by atoms with Crippen LogP contribution in [-0.4, -0.2) is 11.2 Å². The molecular weight excluding hydrogens is 236 g/mol. The molecule has 0 bridgehead atoms. The Hall–Kier alpha value is -0.840. The smallest absolute Gasteiger partial charge is 0.103 e. The summed E-state index contributed by atoms with van der Waals surface area (Å²) in [7, 11) is 0. The summed E-state index contributed by atoms with van der Waals surface area (Å²) in [5, 5.41) is 3.30. The molecule has 0 radical (unpaired) electrons. The van der Waals surface area contributed by atoms with Crippen LogP contribution in [0, 0.1) is 0 Å². The summed E-state index contributed by atoms with van der Waals surface area (Å²) in [5.41, 5.74) is 8.96. The van der Waals surface area contributed by atoms with Crippen LogP contribution in [0.15, 0.2) is 29.6 Å². The van der Waals surface area contributed by atoms with Gasteiger partial charge in [0.25, 0.3) is 0 Å². The number of nitrogens with two attached hydrogens (primary N) is 1. The van der Waals surface area contributed by atoms with Gasteiger partial charge in [-0.15, -0.1) is 11.3 Å². The van der Waals surface area contributed by atoms with Crippen molar-refractivity contribution in [3.8, 4) is 11.3 Å². The molecule has 0 aliphatic heterocycles. The third-order valence-corrected chi connectivity index (χ3v) is 3.90. The lowest BCUT2D eigenvalue weighted by Crippen LogP contribution is -1.95. The van der Waals surface area contributed by atoms with Gasteiger partial charge in [-0.2, -0.15) is 11.8 Å². The van der Waals surface area contributed by atoms with Crippen LogP contribution in [0.2, 0.25) is 0 Å². The molecule has 0 aliphatic rings. The Morgan fingerprint density at radius 2 is 2.06 bits per heavy atom. The van der Waals surface area contributed by atoms with E-state index in [0.29, 0.717) is 6.54 Å². The topological polar surface area (TPSA) is 38.9 Å². The van der Waals surface area contributed by atoms with Crippen molar-refractivity contribution < 1.29 is 0 Å². The van der Waals surface area contributed by atoms with Gasteiger partial charge in [0.15, 0.2) is 0 Å². The average molecular weight is 250 g/mol. The van der Waals surface area contributed by atoms with Gasteiger partial charge in [0.2, 0.25) is 0 Å². The van der Waals surface area contributed by atoms with Gasteiger partial charge in [0.1, 0.15) is 5.01 Å². The van der Waals surface area contributed by atoms with Crippen molar-refractivity contribution in [2.45, 2.75) is 12.3 Å². The lowest BCUT2D eigenvalue weighted by atomic mass is 10.1. The van der Waals surface area contributed by atoms with Crippen LogP contribution in [-0.2, 0) is 12.3 Å². The van der Waals surface area contributed by atoms with E-state index in [1.807, 2.05) is 0 Å². The first-order chi connectivity index (χ1) is 7.83. The summed E-state index contributed by atoms with van der Waals surface area (Å²) in [6, 6.07) is 8.28. The minimum atomic E-state index is 0.592. The van der Waals surface area contributed by atoms with E-state index in [4.69, 9.17) is 5.73 Å². The SMILES string of the molecule is CSCc1nc(-c2ccc(CN)cc2)cs1. The Morgan fingerprint density at radius 3 is 2.69 bits per heavy atom. The van der Waals surface area contributed by atoms with Crippen molar-refractivity contribution >= 4 is 23.1 Å². The fourth-order valence-electron chi connectivity index (χ4n) is 1.44. The molecular formula is C12H14N2S2. The van der Waals surface area contributed by atoms with Crippen LogP contribution in [0.4, 0.5) is 0 Å². The summed E-state index contributed by atoms with van der Waals surface area (Å²) in [4.78, 5) is 4.59. The molecule has 1 aromatic carbocycles. The molecule has 0 unspecified atom stereocenters. The lowest BCUT2D eigenvalue weighted by molar-refractivity contribution is 1.07. The van der Waals surface area contributed by atoms with Crippen LogP contribution in [0.1, 0.15) is 10.6 Å². The Balaban J connectivity index is 2.21. The Bertz CT molecular complexity index is 448. The number of hydrogen-bond donors (Lipinski definition) is 1. The van der Waals surface area contributed by atoms with Crippen molar-refractivity contribution in [2.75, 3.05) is 6.26 Å². The number of nitrogens with zero attached hydrogens (tertiary/aromatic N) is 1. The van der Waals surface area contributed by atoms with Gasteiger partial charge in [-0.05, 0) is 11.8 Å². The van der Waals surface area contributed by atoms with Crippen molar-refractivity contribution in [1.29, 1.82) is 0 Å². The standard InChI is InChI=1S/C12H14N2S2/c1-15-8-12-14-11(7-16-12)10-4-2-9(6-13)3-5-10/h2-5,7H,6,8,13H2,1H3. The molecule has 16 heavy (non-hydrogen) atoms. The molecule has 0 fully saturated rings. The molecule has 2 aromatic rings. The second-order valence-corrected chi connectivity index (χ2v) is 5.27. The van der Waals surface area contributed by atoms with Gasteiger partial charge in [0, 0.05) is 23.2 Å². The fraction of sp³-hybridized carbons (Fsp3) is 0.250. The first-order valence-electron chi connectivity index (χ1n) is 5.06. The maximum atomic E-state index is 5.57. The Labute approximate surface area is 104 Å². The Kier molecular flexibility index (Phi) is 3.98. The molecule has 2 nitrogen and oxygen atoms in total. The highest BCUT2D eigenvalue weighted by atomic mass is 32.2. The van der Waals surface area contributed by atoms with Gasteiger partial charge in [-0.25, -0.2) is 4.98 Å². The maximum Gasteiger partial charge on any atom is 0.103 e. The van der Waals surface area contributed by atoms with E-state index < -0.39 is 0 Å². The van der Waals surface area contributed by atoms with Crippen molar-refractivity contribution in [2.24, 2.45) is 5.73 Å². The molecule has 0 atom stereocenters. The number of hydrogen-bond acceptors (Lipinski definition) is 4. The minimum Gasteiger partial charge on any atom is -0.326 e. The Morgan fingerprint density at radius 1 is 1.31 bits per heavy atom. The van der Waals surface area contributed by atoms with Gasteiger partial charge in [-0.1, -0.05) is 24.3 Å². The van der Waals surface area contributed by atoms with Gasteiger partial charge < -0.3 is 5.73 Å². The molecule has 2 N–H and O–H groups in total. The third kappa shape index (κ3) is 2.64. The quantitative estimate of drug-likeness (QED) is 0.906. The highest BCUT2D eigenvalue weighted by Gasteiger charge is 2.03. The van der Waals surface area contributed by atoms with Gasteiger partial charge >= 0.3 is 0 Å². The largest absolute Gasteiger partial charge is 0.326 e. The minimum absolute atomic E-state index is 0.592. The van der Waals surface area contributed by atoms with Crippen LogP contribution in [0.5, 0.6) is 0 Å². The van der Waals surface area contributed by atoms with Gasteiger partial charge in [0.05, 0.1) is 5.69 Å². The van der Waals surface area contributed by atoms with E-state index in [0.717, 1.165) is 17.0 Å². The van der Waals surface area contributed by atoms with Crippen molar-refractivity contribution in [3.05, 3.63) is 40.2 Å². The summed E-state index contributed by atoms with van der Waals surface area (Å²) in [5.74, 6) is 0.992. The predicted molar refractivity (Wildman–Crippen MR) is 72.7 cm³/mol. The second kappa shape index (κ2) is 5.48. The average Bonchev–Trinajstić information content (AvgIpc) is 2.78. The van der Waals surface area contributed by atoms with Crippen LogP contribution >= 0.6 is 23.1 Å². The second-order valence-electron chi connectivity index (χ2n) is 3.46. The molecule has 84 valence electrons. The molecule has 1 heterocycles. The molecule has 1 aromatic heterocycles. The first kappa shape index (κ1) is 11.6. The first-order valence-corrected chi connectivity index (χ1v) is 7.33. The summed E-state index contributed by atoms with van der Waals surface area (Å²) in [6.07, 6.45) is 2.09. The monoisotopic (exact) mass is 250 g/mol. The molecule has 0 aliphatic carbocycles. The normalized spacial score (nSPS) is 10.6. The van der Waals surface area contributed by atoms with E-state index in [9.17, 15) is 0 Å². The highest BCUT2D eigenvalue weighted by Crippen LogP contribution is 2.24. The number of aromatic nitrogens is 1. The van der Waals surface area contributed by atoms with Crippen LogP contribution in [0.25, 0.3) is 11.3 Å². The van der Waals surface area contributed by atoms with E-state index in [1.165, 1.54) is 10.6 Å². The number of thioether (sulfide) groups is 1. The van der Waals surface area contributed by atoms with Crippen LogP contribution in [0.3, 0.4) is 0 Å². The molecule has 0 spiro atoms. The van der Waals surface area contributed by atoms with Crippen molar-refractivity contribution in [3.63, 3.8) is 0 Å². The van der Waals surface area contributed by atoms with E-state index in [1.54, 1.807) is 23.1 Å². The zero-order chi connectivity index (χ0) is 11.4. The molecule has 0 saturated carbocycles. The molecule has 2 rings (SSSR count). The zero-order valence-corrected chi connectivity index (χ0v) is 10.8. The van der Waals surface area contributed by atoms with E-state index in [2.05, 4.69) is 40.9 Å². The third-order valence-electron chi connectivity index (χ3n) is 2.30. The number of thiazole rings is 1. The van der Waals surface area contributed by atoms with Gasteiger partial charge in [-0.3, -0.25) is 0 Å².